The van der Waals surface area contributed by atoms with E-state index in [1.165, 1.54) is 70.6 Å². The summed E-state index contributed by atoms with van der Waals surface area (Å²) >= 11 is 0. The third-order valence-electron chi connectivity index (χ3n) is 6.87. The van der Waals surface area contributed by atoms with Gasteiger partial charge in [-0.2, -0.15) is 0 Å². The highest BCUT2D eigenvalue weighted by atomic mass is 16.6. The van der Waals surface area contributed by atoms with E-state index < -0.39 is 0 Å². The molecule has 0 aliphatic heterocycles. The molecule has 44 heavy (non-hydrogen) atoms. The summed E-state index contributed by atoms with van der Waals surface area (Å²) in [5.74, 6) is 0.718. The molecule has 10 nitrogen and oxygen atoms in total. The van der Waals surface area contributed by atoms with Gasteiger partial charge in [-0.1, -0.05) is 90.9 Å². The summed E-state index contributed by atoms with van der Waals surface area (Å²) in [6.07, 6.45) is 17.4. The molecule has 0 aromatic heterocycles. The number of aliphatic hydroxyl groups is 1. The van der Waals surface area contributed by atoms with Crippen LogP contribution in [0.15, 0.2) is 0 Å². The molecule has 0 spiro atoms. The molecule has 0 unspecified atom stereocenters. The maximum absolute atomic E-state index is 11.8. The van der Waals surface area contributed by atoms with E-state index in [4.69, 9.17) is 43.0 Å². The van der Waals surface area contributed by atoms with Gasteiger partial charge in [-0.15, -0.1) is 0 Å². The highest BCUT2D eigenvalue weighted by Gasteiger charge is 2.03. The average molecular weight is 637 g/mol. The molecule has 0 fully saturated rings. The fourth-order valence-electron chi connectivity index (χ4n) is 4.36. The molecule has 0 aromatic rings. The lowest BCUT2D eigenvalue weighted by Gasteiger charge is -2.08. The first-order valence-corrected chi connectivity index (χ1v) is 17.5. The number of rotatable bonds is 38. The molecular formula is C34H68O10. The van der Waals surface area contributed by atoms with Crippen LogP contribution in [0.3, 0.4) is 0 Å². The highest BCUT2D eigenvalue weighted by Crippen LogP contribution is 2.14. The molecule has 0 atom stereocenters. The zero-order valence-electron chi connectivity index (χ0n) is 28.4. The average Bonchev–Trinajstić information content (AvgIpc) is 3.01. The summed E-state index contributed by atoms with van der Waals surface area (Å²) in [4.78, 5) is 11.8. The number of carbonyl (C=O) groups is 1. The highest BCUT2D eigenvalue weighted by molar-refractivity contribution is 5.69. The van der Waals surface area contributed by atoms with Gasteiger partial charge in [0.1, 0.15) is 6.61 Å². The first kappa shape index (κ1) is 43.1. The molecule has 0 heterocycles. The van der Waals surface area contributed by atoms with E-state index in [-0.39, 0.29) is 12.6 Å². The molecule has 0 saturated heterocycles. The Hall–Kier alpha value is -0.850. The topological polar surface area (TPSA) is 111 Å². The largest absolute Gasteiger partial charge is 0.463 e. The van der Waals surface area contributed by atoms with E-state index >= 15 is 0 Å². The Balaban J connectivity index is 3.14. The van der Waals surface area contributed by atoms with E-state index in [9.17, 15) is 4.79 Å². The van der Waals surface area contributed by atoms with Crippen LogP contribution in [-0.4, -0.2) is 117 Å². The van der Waals surface area contributed by atoms with Crippen LogP contribution < -0.4 is 0 Å². The molecule has 0 aromatic carbocycles. The van der Waals surface area contributed by atoms with Gasteiger partial charge in [-0.05, 0) is 12.3 Å². The maximum Gasteiger partial charge on any atom is 0.305 e. The Morgan fingerprint density at radius 1 is 0.432 bits per heavy atom. The Morgan fingerprint density at radius 2 is 0.727 bits per heavy atom. The van der Waals surface area contributed by atoms with Crippen molar-refractivity contribution in [3.05, 3.63) is 0 Å². The minimum absolute atomic E-state index is 0.0267. The second-order valence-electron chi connectivity index (χ2n) is 11.4. The predicted molar refractivity (Wildman–Crippen MR) is 173 cm³/mol. The molecule has 0 bridgehead atoms. The summed E-state index contributed by atoms with van der Waals surface area (Å²) < 4.78 is 42.9. The van der Waals surface area contributed by atoms with E-state index in [1.807, 2.05) is 0 Å². The van der Waals surface area contributed by atoms with Crippen LogP contribution in [0.4, 0.5) is 0 Å². The number of hydrogen-bond donors (Lipinski definition) is 1. The van der Waals surface area contributed by atoms with Gasteiger partial charge in [0.15, 0.2) is 0 Å². The standard InChI is InChI=1S/C34H68O10/c1-33(2)15-13-11-9-7-5-3-4-6-8-10-12-14-16-34(36)44-32-31-43-30-29-42-28-27-41-26-25-40-24-23-39-22-21-38-20-19-37-18-17-35/h33,35H,3-32H2,1-2H3. The minimum atomic E-state index is -0.130. The number of hydrogen-bond acceptors (Lipinski definition) is 10. The first-order chi connectivity index (χ1) is 21.7. The normalized spacial score (nSPS) is 11.5. The molecule has 264 valence electrons. The number of aliphatic hydroxyl groups excluding tert-OH is 1. The second kappa shape index (κ2) is 38.3. The van der Waals surface area contributed by atoms with Crippen LogP contribution >= 0.6 is 0 Å². The number of esters is 1. The zero-order chi connectivity index (χ0) is 32.0. The smallest absolute Gasteiger partial charge is 0.305 e. The summed E-state index contributed by atoms with van der Waals surface area (Å²) in [5.41, 5.74) is 0. The van der Waals surface area contributed by atoms with Gasteiger partial charge in [0, 0.05) is 6.42 Å². The van der Waals surface area contributed by atoms with Crippen molar-refractivity contribution in [3.8, 4) is 0 Å². The molecule has 0 amide bonds. The van der Waals surface area contributed by atoms with Gasteiger partial charge >= 0.3 is 5.97 Å². The van der Waals surface area contributed by atoms with E-state index in [1.54, 1.807) is 0 Å². The molecule has 0 aliphatic carbocycles. The lowest BCUT2D eigenvalue weighted by atomic mass is 10.0. The summed E-state index contributed by atoms with van der Waals surface area (Å²) in [6, 6.07) is 0. The number of unbranched alkanes of at least 4 members (excludes halogenated alkanes) is 11. The Morgan fingerprint density at radius 3 is 1.07 bits per heavy atom. The fourth-order valence-corrected chi connectivity index (χ4v) is 4.36. The molecule has 0 rings (SSSR count). The van der Waals surface area contributed by atoms with Crippen molar-refractivity contribution in [1.82, 2.24) is 0 Å². The van der Waals surface area contributed by atoms with E-state index in [0.29, 0.717) is 106 Å². The van der Waals surface area contributed by atoms with Crippen LogP contribution in [-0.2, 0) is 42.7 Å². The van der Waals surface area contributed by atoms with E-state index in [0.717, 1.165) is 18.8 Å². The molecule has 0 radical (unpaired) electrons. The molecule has 0 saturated carbocycles. The Bertz CT molecular complexity index is 550. The third kappa shape index (κ3) is 39.2. The van der Waals surface area contributed by atoms with Crippen molar-refractivity contribution in [2.24, 2.45) is 5.92 Å². The van der Waals surface area contributed by atoms with Crippen molar-refractivity contribution < 1.29 is 47.8 Å². The van der Waals surface area contributed by atoms with Gasteiger partial charge in [-0.25, -0.2) is 0 Å². The van der Waals surface area contributed by atoms with Crippen molar-refractivity contribution in [3.63, 3.8) is 0 Å². The van der Waals surface area contributed by atoms with Gasteiger partial charge in [0.25, 0.3) is 0 Å². The molecule has 10 heteroatoms. The first-order valence-electron chi connectivity index (χ1n) is 17.5. The third-order valence-corrected chi connectivity index (χ3v) is 6.87. The molecular weight excluding hydrogens is 568 g/mol. The van der Waals surface area contributed by atoms with Crippen LogP contribution in [0.2, 0.25) is 0 Å². The monoisotopic (exact) mass is 636 g/mol. The van der Waals surface area contributed by atoms with Crippen molar-refractivity contribution in [2.45, 2.75) is 104 Å². The second-order valence-corrected chi connectivity index (χ2v) is 11.4. The van der Waals surface area contributed by atoms with Crippen molar-refractivity contribution >= 4 is 5.97 Å². The Labute approximate surface area is 269 Å². The zero-order valence-corrected chi connectivity index (χ0v) is 28.4. The van der Waals surface area contributed by atoms with Gasteiger partial charge in [0.2, 0.25) is 0 Å². The van der Waals surface area contributed by atoms with Crippen molar-refractivity contribution in [2.75, 3.05) is 106 Å². The lowest BCUT2D eigenvalue weighted by Crippen LogP contribution is -2.15. The van der Waals surface area contributed by atoms with Crippen LogP contribution in [0.25, 0.3) is 0 Å². The lowest BCUT2D eigenvalue weighted by molar-refractivity contribution is -0.145. The quantitative estimate of drug-likeness (QED) is 0.0664. The number of carbonyl (C=O) groups excluding carboxylic acids is 1. The van der Waals surface area contributed by atoms with E-state index in [2.05, 4.69) is 13.8 Å². The summed E-state index contributed by atoms with van der Waals surface area (Å²) in [7, 11) is 0. The maximum atomic E-state index is 11.8. The molecule has 0 aliphatic rings. The molecule has 1 N–H and O–H groups in total. The Kier molecular flexibility index (Phi) is 37.6. The predicted octanol–water partition coefficient (Wildman–Crippen LogP) is 5.76. The van der Waals surface area contributed by atoms with Crippen molar-refractivity contribution in [1.29, 1.82) is 0 Å². The van der Waals surface area contributed by atoms with Gasteiger partial charge < -0.3 is 43.0 Å². The van der Waals surface area contributed by atoms with Gasteiger partial charge in [-0.3, -0.25) is 4.79 Å². The summed E-state index contributed by atoms with van der Waals surface area (Å²) in [5, 5.41) is 8.58. The SMILES string of the molecule is CC(C)CCCCCCCCCCCCCCC(=O)OCCOCCOCCOCCOCCOCCOCCOCCO. The minimum Gasteiger partial charge on any atom is -0.463 e. The summed E-state index contributed by atoms with van der Waals surface area (Å²) in [6.45, 7) is 11.6. The van der Waals surface area contributed by atoms with Crippen LogP contribution in [0.1, 0.15) is 104 Å². The fraction of sp³-hybridized carbons (Fsp3) is 0.971. The van der Waals surface area contributed by atoms with Crippen LogP contribution in [0, 0.1) is 5.92 Å². The number of ether oxygens (including phenoxy) is 8. The van der Waals surface area contributed by atoms with Gasteiger partial charge in [0.05, 0.1) is 99.1 Å². The van der Waals surface area contributed by atoms with Crippen LogP contribution in [0.5, 0.6) is 0 Å².